The van der Waals surface area contributed by atoms with Gasteiger partial charge in [-0.15, -0.1) is 0 Å². The van der Waals surface area contributed by atoms with Gasteiger partial charge in [-0.2, -0.15) is 0 Å². The van der Waals surface area contributed by atoms with Gasteiger partial charge in [0.05, 0.1) is 33.5 Å². The molecule has 0 radical (unpaired) electrons. The van der Waals surface area contributed by atoms with Crippen LogP contribution in [0.15, 0.2) is 18.2 Å². The molecule has 0 aliphatic heterocycles. The van der Waals surface area contributed by atoms with E-state index in [4.69, 9.17) is 14.2 Å². The quantitative estimate of drug-likeness (QED) is 0.767. The molecule has 0 fully saturated rings. The Labute approximate surface area is 114 Å². The van der Waals surface area contributed by atoms with Gasteiger partial charge in [0.1, 0.15) is 11.5 Å². The summed E-state index contributed by atoms with van der Waals surface area (Å²) in [7, 11) is 7.06. The molecule has 0 aromatic heterocycles. The number of likely N-dealkylation sites (N-methyl/N-ethyl adjacent to an activating group) is 1. The van der Waals surface area contributed by atoms with Gasteiger partial charge in [-0.1, -0.05) is 0 Å². The van der Waals surface area contributed by atoms with Gasteiger partial charge in [-0.05, 0) is 32.3 Å². The number of aliphatic hydroxyl groups is 1. The zero-order valence-electron chi connectivity index (χ0n) is 12.0. The Balaban J connectivity index is 2.51. The third-order valence-electron chi connectivity index (χ3n) is 2.63. The van der Waals surface area contributed by atoms with Crippen molar-refractivity contribution in [3.63, 3.8) is 0 Å². The number of hydrogen-bond donors (Lipinski definition) is 1. The Bertz CT molecular complexity index is 382. The lowest BCUT2D eigenvalue weighted by molar-refractivity contribution is 0.0163. The van der Waals surface area contributed by atoms with E-state index in [9.17, 15) is 5.11 Å². The SMILES string of the molecule is COc1ccc(OC)c(COCC(O)CN(C)C)c1. The van der Waals surface area contributed by atoms with Gasteiger partial charge >= 0.3 is 0 Å². The van der Waals surface area contributed by atoms with E-state index in [-0.39, 0.29) is 0 Å². The highest BCUT2D eigenvalue weighted by Gasteiger charge is 2.08. The molecule has 0 saturated heterocycles. The molecule has 1 N–H and O–H groups in total. The van der Waals surface area contributed by atoms with Gasteiger partial charge in [-0.25, -0.2) is 0 Å². The summed E-state index contributed by atoms with van der Waals surface area (Å²) >= 11 is 0. The van der Waals surface area contributed by atoms with Crippen LogP contribution >= 0.6 is 0 Å². The molecule has 0 heterocycles. The molecule has 0 aliphatic carbocycles. The van der Waals surface area contributed by atoms with Gasteiger partial charge < -0.3 is 24.2 Å². The highest BCUT2D eigenvalue weighted by molar-refractivity contribution is 5.39. The zero-order chi connectivity index (χ0) is 14.3. The number of nitrogens with zero attached hydrogens (tertiary/aromatic N) is 1. The second kappa shape index (κ2) is 7.99. The molecule has 1 rings (SSSR count). The molecule has 5 nitrogen and oxygen atoms in total. The van der Waals surface area contributed by atoms with E-state index in [0.717, 1.165) is 17.1 Å². The van der Waals surface area contributed by atoms with Gasteiger partial charge in [0, 0.05) is 12.1 Å². The molecular formula is C14H23NO4. The standard InChI is InChI=1S/C14H23NO4/c1-15(2)8-12(16)10-19-9-11-7-13(17-3)5-6-14(11)18-4/h5-7,12,16H,8-10H2,1-4H3. The number of aliphatic hydroxyl groups excluding tert-OH is 1. The molecule has 1 unspecified atom stereocenters. The van der Waals surface area contributed by atoms with Crippen molar-refractivity contribution in [2.75, 3.05) is 41.5 Å². The predicted octanol–water partition coefficient (Wildman–Crippen LogP) is 1.14. The first-order valence-corrected chi connectivity index (χ1v) is 6.18. The first-order valence-electron chi connectivity index (χ1n) is 6.18. The van der Waals surface area contributed by atoms with Crippen LogP contribution in [0.5, 0.6) is 11.5 Å². The maximum absolute atomic E-state index is 9.70. The topological polar surface area (TPSA) is 51.2 Å². The van der Waals surface area contributed by atoms with Gasteiger partial charge in [0.15, 0.2) is 0 Å². The summed E-state index contributed by atoms with van der Waals surface area (Å²) < 4.78 is 15.9. The van der Waals surface area contributed by atoms with E-state index < -0.39 is 6.10 Å². The minimum absolute atomic E-state index is 0.290. The lowest BCUT2D eigenvalue weighted by Gasteiger charge is -2.16. The number of benzene rings is 1. The Kier molecular flexibility index (Phi) is 6.62. The first kappa shape index (κ1) is 15.8. The van der Waals surface area contributed by atoms with E-state index in [1.54, 1.807) is 14.2 Å². The normalized spacial score (nSPS) is 12.5. The lowest BCUT2D eigenvalue weighted by atomic mass is 10.2. The van der Waals surface area contributed by atoms with Crippen LogP contribution in [0.3, 0.4) is 0 Å². The molecule has 0 saturated carbocycles. The smallest absolute Gasteiger partial charge is 0.124 e. The summed E-state index contributed by atoms with van der Waals surface area (Å²) in [5.74, 6) is 1.51. The molecule has 1 aromatic rings. The molecule has 0 spiro atoms. The predicted molar refractivity (Wildman–Crippen MR) is 73.8 cm³/mol. The largest absolute Gasteiger partial charge is 0.497 e. The molecular weight excluding hydrogens is 246 g/mol. The van der Waals surface area contributed by atoms with E-state index in [0.29, 0.717) is 19.8 Å². The fourth-order valence-corrected chi connectivity index (χ4v) is 1.77. The van der Waals surface area contributed by atoms with Crippen LogP contribution in [-0.2, 0) is 11.3 Å². The Morgan fingerprint density at radius 2 is 1.95 bits per heavy atom. The number of rotatable bonds is 8. The molecule has 0 bridgehead atoms. The monoisotopic (exact) mass is 269 g/mol. The van der Waals surface area contributed by atoms with Crippen molar-refractivity contribution < 1.29 is 19.3 Å². The highest BCUT2D eigenvalue weighted by atomic mass is 16.5. The van der Waals surface area contributed by atoms with Crippen molar-refractivity contribution in [3.05, 3.63) is 23.8 Å². The lowest BCUT2D eigenvalue weighted by Crippen LogP contribution is -2.29. The fraction of sp³-hybridized carbons (Fsp3) is 0.571. The third kappa shape index (κ3) is 5.46. The van der Waals surface area contributed by atoms with Crippen molar-refractivity contribution >= 4 is 0 Å². The van der Waals surface area contributed by atoms with Gasteiger partial charge in [-0.3, -0.25) is 0 Å². The van der Waals surface area contributed by atoms with Crippen LogP contribution in [-0.4, -0.2) is 57.6 Å². The number of hydrogen-bond acceptors (Lipinski definition) is 5. The average molecular weight is 269 g/mol. The molecule has 0 amide bonds. The Hall–Kier alpha value is -1.30. The first-order chi connectivity index (χ1) is 9.06. The van der Waals surface area contributed by atoms with Gasteiger partial charge in [0.25, 0.3) is 0 Å². The summed E-state index contributed by atoms with van der Waals surface area (Å²) in [5.41, 5.74) is 0.902. The van der Waals surface area contributed by atoms with Crippen LogP contribution in [0.4, 0.5) is 0 Å². The molecule has 1 atom stereocenters. The highest BCUT2D eigenvalue weighted by Crippen LogP contribution is 2.24. The van der Waals surface area contributed by atoms with Gasteiger partial charge in [0.2, 0.25) is 0 Å². The summed E-state index contributed by atoms with van der Waals surface area (Å²) in [4.78, 5) is 1.92. The zero-order valence-corrected chi connectivity index (χ0v) is 12.0. The maximum Gasteiger partial charge on any atom is 0.124 e. The fourth-order valence-electron chi connectivity index (χ4n) is 1.77. The average Bonchev–Trinajstić information content (AvgIpc) is 2.37. The van der Waals surface area contributed by atoms with Crippen LogP contribution < -0.4 is 9.47 Å². The molecule has 108 valence electrons. The maximum atomic E-state index is 9.70. The van der Waals surface area contributed by atoms with Crippen molar-refractivity contribution in [1.82, 2.24) is 4.90 Å². The second-order valence-corrected chi connectivity index (χ2v) is 4.61. The Morgan fingerprint density at radius 3 is 2.53 bits per heavy atom. The third-order valence-corrected chi connectivity index (χ3v) is 2.63. The minimum Gasteiger partial charge on any atom is -0.497 e. The van der Waals surface area contributed by atoms with Crippen molar-refractivity contribution in [3.8, 4) is 11.5 Å². The number of methoxy groups -OCH3 is 2. The molecule has 19 heavy (non-hydrogen) atoms. The molecule has 5 heteroatoms. The summed E-state index contributed by atoms with van der Waals surface area (Å²) in [6, 6.07) is 5.55. The minimum atomic E-state index is -0.494. The van der Waals surface area contributed by atoms with Crippen LogP contribution in [0.2, 0.25) is 0 Å². The van der Waals surface area contributed by atoms with Crippen molar-refractivity contribution in [2.45, 2.75) is 12.7 Å². The van der Waals surface area contributed by atoms with Crippen molar-refractivity contribution in [2.24, 2.45) is 0 Å². The Morgan fingerprint density at radius 1 is 1.21 bits per heavy atom. The van der Waals surface area contributed by atoms with Crippen molar-refractivity contribution in [1.29, 1.82) is 0 Å². The van der Waals surface area contributed by atoms with E-state index in [2.05, 4.69) is 0 Å². The second-order valence-electron chi connectivity index (χ2n) is 4.61. The molecule has 1 aromatic carbocycles. The molecule has 0 aliphatic rings. The summed E-state index contributed by atoms with van der Waals surface area (Å²) in [5, 5.41) is 9.70. The van der Waals surface area contributed by atoms with E-state index in [1.165, 1.54) is 0 Å². The van der Waals surface area contributed by atoms with Crippen LogP contribution in [0.25, 0.3) is 0 Å². The van der Waals surface area contributed by atoms with Crippen LogP contribution in [0, 0.1) is 0 Å². The number of ether oxygens (including phenoxy) is 3. The van der Waals surface area contributed by atoms with E-state index >= 15 is 0 Å². The van der Waals surface area contributed by atoms with Crippen LogP contribution in [0.1, 0.15) is 5.56 Å². The summed E-state index contributed by atoms with van der Waals surface area (Å²) in [6.07, 6.45) is -0.494. The van der Waals surface area contributed by atoms with E-state index in [1.807, 2.05) is 37.2 Å². The summed E-state index contributed by atoms with van der Waals surface area (Å²) in [6.45, 7) is 1.25.